The molecule has 2 N–H and O–H groups in total. The van der Waals surface area contributed by atoms with E-state index in [0.717, 1.165) is 18.6 Å². The summed E-state index contributed by atoms with van der Waals surface area (Å²) in [6.45, 7) is 4.48. The molecule has 1 aromatic carbocycles. The zero-order valence-corrected chi connectivity index (χ0v) is 11.1. The van der Waals surface area contributed by atoms with Crippen molar-refractivity contribution in [1.82, 2.24) is 5.32 Å². The lowest BCUT2D eigenvalue weighted by Gasteiger charge is -2.18. The third-order valence-electron chi connectivity index (χ3n) is 2.78. The highest BCUT2D eigenvalue weighted by atomic mass is 19.1. The highest BCUT2D eigenvalue weighted by molar-refractivity contribution is 5.34. The van der Waals surface area contributed by atoms with E-state index in [1.165, 1.54) is 6.07 Å². The lowest BCUT2D eigenvalue weighted by atomic mass is 10.0. The summed E-state index contributed by atoms with van der Waals surface area (Å²) in [6.07, 6.45) is 0.811. The normalized spacial score (nSPS) is 12.7. The van der Waals surface area contributed by atoms with Crippen LogP contribution in [0.3, 0.4) is 0 Å². The maximum Gasteiger partial charge on any atom is 0.304 e. The molecule has 0 fully saturated rings. The lowest BCUT2D eigenvalue weighted by molar-refractivity contribution is -0.387. The predicted molar refractivity (Wildman–Crippen MR) is 70.2 cm³/mol. The van der Waals surface area contributed by atoms with E-state index < -0.39 is 16.4 Å². The van der Waals surface area contributed by atoms with Gasteiger partial charge in [-0.1, -0.05) is 19.9 Å². The molecule has 0 aromatic heterocycles. The molecule has 0 aliphatic carbocycles. The molecule has 0 aliphatic heterocycles. The topological polar surface area (TPSA) is 75.4 Å². The van der Waals surface area contributed by atoms with Gasteiger partial charge in [0, 0.05) is 18.7 Å². The van der Waals surface area contributed by atoms with E-state index in [4.69, 9.17) is 0 Å². The Bertz CT molecular complexity index is 438. The SMILES string of the molecule is CC(C)CC(CO)NCc1ccc([N+](=O)[O-])c(F)c1. The standard InChI is InChI=1S/C13H19FN2O3/c1-9(2)5-11(8-17)15-7-10-3-4-13(16(18)19)12(14)6-10/h3-4,6,9,11,15,17H,5,7-8H2,1-2H3. The van der Waals surface area contributed by atoms with Crippen LogP contribution >= 0.6 is 0 Å². The molecule has 0 aliphatic rings. The van der Waals surface area contributed by atoms with Crippen LogP contribution in [0.2, 0.25) is 0 Å². The van der Waals surface area contributed by atoms with Gasteiger partial charge in [-0.3, -0.25) is 10.1 Å². The van der Waals surface area contributed by atoms with Crippen LogP contribution < -0.4 is 5.32 Å². The number of benzene rings is 1. The summed E-state index contributed by atoms with van der Waals surface area (Å²) in [5.41, 5.74) is 0.0925. The Morgan fingerprint density at radius 2 is 2.16 bits per heavy atom. The number of rotatable bonds is 7. The Morgan fingerprint density at radius 1 is 1.47 bits per heavy atom. The molecule has 19 heavy (non-hydrogen) atoms. The number of hydrogen-bond donors (Lipinski definition) is 2. The maximum atomic E-state index is 13.4. The average molecular weight is 270 g/mol. The smallest absolute Gasteiger partial charge is 0.304 e. The van der Waals surface area contributed by atoms with Crippen molar-refractivity contribution in [2.24, 2.45) is 5.92 Å². The molecule has 0 bridgehead atoms. The first-order valence-electron chi connectivity index (χ1n) is 6.21. The third kappa shape index (κ3) is 4.92. The molecule has 106 valence electrons. The Balaban J connectivity index is 2.62. The van der Waals surface area contributed by atoms with E-state index in [0.29, 0.717) is 18.0 Å². The molecule has 0 saturated heterocycles. The molecule has 0 heterocycles. The number of hydrogen-bond acceptors (Lipinski definition) is 4. The quantitative estimate of drug-likeness (QED) is 0.588. The van der Waals surface area contributed by atoms with Crippen LogP contribution in [0.15, 0.2) is 18.2 Å². The lowest BCUT2D eigenvalue weighted by Crippen LogP contribution is -2.33. The van der Waals surface area contributed by atoms with Crippen molar-refractivity contribution in [2.45, 2.75) is 32.9 Å². The molecule has 0 radical (unpaired) electrons. The summed E-state index contributed by atoms with van der Waals surface area (Å²) in [6, 6.07) is 3.76. The van der Waals surface area contributed by atoms with Crippen LogP contribution in [0.4, 0.5) is 10.1 Å². The van der Waals surface area contributed by atoms with Gasteiger partial charge in [-0.25, -0.2) is 0 Å². The van der Waals surface area contributed by atoms with Gasteiger partial charge in [-0.15, -0.1) is 0 Å². The number of halogens is 1. The van der Waals surface area contributed by atoms with E-state index in [2.05, 4.69) is 19.2 Å². The fourth-order valence-corrected chi connectivity index (χ4v) is 1.86. The van der Waals surface area contributed by atoms with Crippen LogP contribution in [0.5, 0.6) is 0 Å². The van der Waals surface area contributed by atoms with Crippen molar-refractivity contribution in [1.29, 1.82) is 0 Å². The second-order valence-electron chi connectivity index (χ2n) is 4.93. The fraction of sp³-hybridized carbons (Fsp3) is 0.538. The van der Waals surface area contributed by atoms with Crippen LogP contribution in [0, 0.1) is 21.8 Å². The number of nitrogens with one attached hydrogen (secondary N) is 1. The molecule has 1 aromatic rings. The van der Waals surface area contributed by atoms with Gasteiger partial charge in [0.2, 0.25) is 5.82 Å². The van der Waals surface area contributed by atoms with Crippen LogP contribution in [0.1, 0.15) is 25.8 Å². The van der Waals surface area contributed by atoms with Gasteiger partial charge in [0.1, 0.15) is 0 Å². The summed E-state index contributed by atoms with van der Waals surface area (Å²) in [5, 5.41) is 22.8. The first-order chi connectivity index (χ1) is 8.93. The van der Waals surface area contributed by atoms with Gasteiger partial charge in [0.25, 0.3) is 0 Å². The first kappa shape index (κ1) is 15.5. The fourth-order valence-electron chi connectivity index (χ4n) is 1.86. The molecular formula is C13H19FN2O3. The van der Waals surface area contributed by atoms with Gasteiger partial charge in [0.15, 0.2) is 0 Å². The zero-order valence-electron chi connectivity index (χ0n) is 11.1. The summed E-state index contributed by atoms with van der Waals surface area (Å²) >= 11 is 0. The Labute approximate surface area is 111 Å². The summed E-state index contributed by atoms with van der Waals surface area (Å²) in [4.78, 5) is 9.74. The largest absolute Gasteiger partial charge is 0.395 e. The summed E-state index contributed by atoms with van der Waals surface area (Å²) in [7, 11) is 0. The minimum atomic E-state index is -0.839. The Kier molecular flexibility index (Phi) is 5.85. The average Bonchev–Trinajstić information content (AvgIpc) is 2.33. The van der Waals surface area contributed by atoms with Gasteiger partial charge >= 0.3 is 5.69 Å². The van der Waals surface area contributed by atoms with Crippen molar-refractivity contribution in [3.8, 4) is 0 Å². The highest BCUT2D eigenvalue weighted by Gasteiger charge is 2.14. The monoisotopic (exact) mass is 270 g/mol. The number of aliphatic hydroxyl groups excluding tert-OH is 1. The number of nitrogens with zero attached hydrogens (tertiary/aromatic N) is 1. The second-order valence-corrected chi connectivity index (χ2v) is 4.93. The summed E-state index contributed by atoms with van der Waals surface area (Å²) < 4.78 is 13.4. The van der Waals surface area contributed by atoms with Gasteiger partial charge < -0.3 is 10.4 Å². The van der Waals surface area contributed by atoms with E-state index in [1.54, 1.807) is 0 Å². The van der Waals surface area contributed by atoms with Gasteiger partial charge in [-0.05, 0) is 24.0 Å². The molecule has 1 rings (SSSR count). The second kappa shape index (κ2) is 7.16. The molecule has 0 amide bonds. The minimum absolute atomic E-state index is 0.00758. The van der Waals surface area contributed by atoms with E-state index >= 15 is 0 Å². The first-order valence-corrected chi connectivity index (χ1v) is 6.21. The zero-order chi connectivity index (χ0) is 14.4. The molecule has 5 nitrogen and oxygen atoms in total. The molecular weight excluding hydrogens is 251 g/mol. The number of nitro groups is 1. The number of nitro benzene ring substituents is 1. The van der Waals surface area contributed by atoms with Gasteiger partial charge in [-0.2, -0.15) is 4.39 Å². The highest BCUT2D eigenvalue weighted by Crippen LogP contribution is 2.18. The van der Waals surface area contributed by atoms with Crippen LogP contribution in [-0.2, 0) is 6.54 Å². The van der Waals surface area contributed by atoms with E-state index in [-0.39, 0.29) is 12.6 Å². The molecule has 0 spiro atoms. The third-order valence-corrected chi connectivity index (χ3v) is 2.78. The van der Waals surface area contributed by atoms with Crippen molar-refractivity contribution < 1.29 is 14.4 Å². The summed E-state index contributed by atoms with van der Waals surface area (Å²) in [5.74, 6) is -0.396. The molecule has 6 heteroatoms. The Hall–Kier alpha value is -1.53. The van der Waals surface area contributed by atoms with Crippen molar-refractivity contribution in [2.75, 3.05) is 6.61 Å². The predicted octanol–water partition coefficient (Wildman–Crippen LogP) is 2.23. The molecule has 1 unspecified atom stereocenters. The maximum absolute atomic E-state index is 13.4. The van der Waals surface area contributed by atoms with Gasteiger partial charge in [0.05, 0.1) is 11.5 Å². The van der Waals surface area contributed by atoms with Crippen molar-refractivity contribution in [3.63, 3.8) is 0 Å². The van der Waals surface area contributed by atoms with Crippen molar-refractivity contribution in [3.05, 3.63) is 39.7 Å². The minimum Gasteiger partial charge on any atom is -0.395 e. The van der Waals surface area contributed by atoms with Crippen LogP contribution in [-0.4, -0.2) is 22.7 Å². The molecule has 0 saturated carbocycles. The molecule has 1 atom stereocenters. The number of aliphatic hydroxyl groups is 1. The van der Waals surface area contributed by atoms with Crippen molar-refractivity contribution >= 4 is 5.69 Å². The van der Waals surface area contributed by atoms with Crippen LogP contribution in [0.25, 0.3) is 0 Å². The van der Waals surface area contributed by atoms with E-state index in [1.807, 2.05) is 0 Å². The Morgan fingerprint density at radius 3 is 2.63 bits per heavy atom. The van der Waals surface area contributed by atoms with E-state index in [9.17, 15) is 19.6 Å².